The molecule has 0 aliphatic heterocycles. The molecule has 0 bridgehead atoms. The highest BCUT2D eigenvalue weighted by atomic mass is 79.9. The molecule has 0 atom stereocenters. The van der Waals surface area contributed by atoms with Gasteiger partial charge in [-0.1, -0.05) is 15.9 Å². The second-order valence-corrected chi connectivity index (χ2v) is 6.75. The molecule has 0 unspecified atom stereocenters. The zero-order valence-corrected chi connectivity index (χ0v) is 14.3. The standard InChI is InChI=1S/C15H10BrF3O4S/c16-9-14(20)10-1-5-12(6-2-10)23-24(21,22)13-7-3-11(4-8-13)15(17,18)19/h1-8H,9H2. The maximum atomic E-state index is 12.5. The van der Waals surface area contributed by atoms with Gasteiger partial charge in [0.15, 0.2) is 5.78 Å². The fourth-order valence-electron chi connectivity index (χ4n) is 1.76. The summed E-state index contributed by atoms with van der Waals surface area (Å²) < 4.78 is 66.4. The maximum Gasteiger partial charge on any atom is 0.416 e. The highest BCUT2D eigenvalue weighted by Crippen LogP contribution is 2.30. The van der Waals surface area contributed by atoms with E-state index in [0.29, 0.717) is 17.7 Å². The Hall–Kier alpha value is -1.87. The average Bonchev–Trinajstić information content (AvgIpc) is 2.54. The zero-order chi connectivity index (χ0) is 18.0. The number of ketones is 1. The van der Waals surface area contributed by atoms with E-state index in [1.807, 2.05) is 0 Å². The first kappa shape index (κ1) is 18.5. The molecule has 2 aromatic carbocycles. The van der Waals surface area contributed by atoms with Crippen LogP contribution >= 0.6 is 15.9 Å². The smallest absolute Gasteiger partial charge is 0.379 e. The molecule has 2 aromatic rings. The molecule has 0 N–H and O–H groups in total. The van der Waals surface area contributed by atoms with Crippen molar-refractivity contribution < 1.29 is 30.6 Å². The van der Waals surface area contributed by atoms with E-state index < -0.39 is 26.8 Å². The zero-order valence-electron chi connectivity index (χ0n) is 11.9. The largest absolute Gasteiger partial charge is 0.416 e. The van der Waals surface area contributed by atoms with Crippen molar-refractivity contribution >= 4 is 31.8 Å². The summed E-state index contributed by atoms with van der Waals surface area (Å²) in [6.45, 7) is 0. The van der Waals surface area contributed by atoms with Gasteiger partial charge in [0.25, 0.3) is 0 Å². The van der Waals surface area contributed by atoms with Crippen molar-refractivity contribution in [3.05, 3.63) is 59.7 Å². The third kappa shape index (κ3) is 4.35. The summed E-state index contributed by atoms with van der Waals surface area (Å²) in [5.41, 5.74) is -0.592. The second-order valence-electron chi connectivity index (χ2n) is 4.64. The van der Waals surface area contributed by atoms with E-state index in [1.54, 1.807) is 0 Å². The molecule has 0 saturated carbocycles. The number of hydrogen-bond acceptors (Lipinski definition) is 4. The number of alkyl halides is 4. The van der Waals surface area contributed by atoms with Crippen LogP contribution in [0.2, 0.25) is 0 Å². The van der Waals surface area contributed by atoms with E-state index in [4.69, 9.17) is 4.18 Å². The summed E-state index contributed by atoms with van der Waals surface area (Å²) in [6.07, 6.45) is -4.55. The lowest BCUT2D eigenvalue weighted by Gasteiger charge is -2.09. The Balaban J connectivity index is 2.20. The van der Waals surface area contributed by atoms with Crippen molar-refractivity contribution in [2.75, 3.05) is 5.33 Å². The molecule has 0 aliphatic rings. The first-order chi connectivity index (χ1) is 11.1. The Kier molecular flexibility index (Phi) is 5.34. The van der Waals surface area contributed by atoms with Crippen LogP contribution in [-0.2, 0) is 16.3 Å². The van der Waals surface area contributed by atoms with Gasteiger partial charge in [-0.15, -0.1) is 0 Å². The average molecular weight is 423 g/mol. The molecule has 0 spiro atoms. The van der Waals surface area contributed by atoms with Gasteiger partial charge in [0, 0.05) is 5.56 Å². The van der Waals surface area contributed by atoms with Crippen LogP contribution in [0.4, 0.5) is 13.2 Å². The van der Waals surface area contributed by atoms with E-state index in [2.05, 4.69) is 15.9 Å². The van der Waals surface area contributed by atoms with E-state index >= 15 is 0 Å². The van der Waals surface area contributed by atoms with Crippen molar-refractivity contribution in [3.8, 4) is 5.75 Å². The predicted octanol–water partition coefficient (Wildman–Crippen LogP) is 4.05. The quantitative estimate of drug-likeness (QED) is 0.414. The summed E-state index contributed by atoms with van der Waals surface area (Å²) in [4.78, 5) is 11.0. The number of benzene rings is 2. The maximum absolute atomic E-state index is 12.5. The number of carbonyl (C=O) groups excluding carboxylic acids is 1. The van der Waals surface area contributed by atoms with Crippen molar-refractivity contribution in [1.82, 2.24) is 0 Å². The van der Waals surface area contributed by atoms with Gasteiger partial charge in [0.05, 0.1) is 10.9 Å². The van der Waals surface area contributed by atoms with E-state index in [1.165, 1.54) is 24.3 Å². The summed E-state index contributed by atoms with van der Waals surface area (Å²) in [6, 6.07) is 8.32. The highest BCUT2D eigenvalue weighted by Gasteiger charge is 2.30. The SMILES string of the molecule is O=C(CBr)c1ccc(OS(=O)(=O)c2ccc(C(F)(F)F)cc2)cc1. The van der Waals surface area contributed by atoms with Gasteiger partial charge in [-0.05, 0) is 48.5 Å². The molecule has 2 rings (SSSR count). The molecule has 0 heterocycles. The monoisotopic (exact) mass is 422 g/mol. The number of rotatable bonds is 5. The molecule has 0 amide bonds. The fourth-order valence-corrected chi connectivity index (χ4v) is 3.01. The number of carbonyl (C=O) groups is 1. The molecule has 9 heteroatoms. The number of Topliss-reactive ketones (excluding diaryl/α,β-unsaturated/α-hetero) is 1. The van der Waals surface area contributed by atoms with E-state index in [0.717, 1.165) is 12.1 Å². The van der Waals surface area contributed by atoms with Crippen LogP contribution in [0.25, 0.3) is 0 Å². The minimum absolute atomic E-state index is 0.0546. The van der Waals surface area contributed by atoms with Gasteiger partial charge in [0.1, 0.15) is 10.6 Å². The Morgan fingerprint density at radius 2 is 1.54 bits per heavy atom. The first-order valence-corrected chi connectivity index (χ1v) is 8.97. The van der Waals surface area contributed by atoms with Crippen LogP contribution in [0.5, 0.6) is 5.75 Å². The molecule has 128 valence electrons. The minimum atomic E-state index is -4.55. The van der Waals surface area contributed by atoms with E-state index in [-0.39, 0.29) is 16.9 Å². The normalized spacial score (nSPS) is 12.0. The number of hydrogen-bond donors (Lipinski definition) is 0. The fraction of sp³-hybridized carbons (Fsp3) is 0.133. The van der Waals surface area contributed by atoms with Crippen LogP contribution < -0.4 is 4.18 Å². The topological polar surface area (TPSA) is 60.4 Å². The molecule has 0 aromatic heterocycles. The van der Waals surface area contributed by atoms with Crippen molar-refractivity contribution in [1.29, 1.82) is 0 Å². The third-order valence-corrected chi connectivity index (χ3v) is 4.74. The van der Waals surface area contributed by atoms with Crippen LogP contribution in [0.15, 0.2) is 53.4 Å². The Labute approximate surface area is 144 Å². The molecular weight excluding hydrogens is 413 g/mol. The highest BCUT2D eigenvalue weighted by molar-refractivity contribution is 9.09. The van der Waals surface area contributed by atoms with Gasteiger partial charge in [-0.3, -0.25) is 4.79 Å². The lowest BCUT2D eigenvalue weighted by molar-refractivity contribution is -0.137. The summed E-state index contributed by atoms with van der Waals surface area (Å²) in [7, 11) is -4.28. The molecule has 24 heavy (non-hydrogen) atoms. The van der Waals surface area contributed by atoms with Crippen LogP contribution in [0, 0.1) is 0 Å². The van der Waals surface area contributed by atoms with Crippen LogP contribution in [-0.4, -0.2) is 19.5 Å². The molecule has 4 nitrogen and oxygen atoms in total. The van der Waals surface area contributed by atoms with Gasteiger partial charge >= 0.3 is 16.3 Å². The van der Waals surface area contributed by atoms with Gasteiger partial charge in [-0.2, -0.15) is 21.6 Å². The summed E-state index contributed by atoms with van der Waals surface area (Å²) in [5, 5.41) is 0.122. The molecule has 0 fully saturated rings. The Morgan fingerprint density at radius 3 is 2.00 bits per heavy atom. The van der Waals surface area contributed by atoms with Crippen molar-refractivity contribution in [2.24, 2.45) is 0 Å². The van der Waals surface area contributed by atoms with Crippen molar-refractivity contribution in [2.45, 2.75) is 11.1 Å². The Morgan fingerprint density at radius 1 is 1.00 bits per heavy atom. The molecule has 0 radical (unpaired) electrons. The molecule has 0 saturated heterocycles. The van der Waals surface area contributed by atoms with Gasteiger partial charge in [-0.25, -0.2) is 0 Å². The lowest BCUT2D eigenvalue weighted by Crippen LogP contribution is -2.11. The Bertz CT molecular complexity index is 829. The van der Waals surface area contributed by atoms with Crippen LogP contribution in [0.1, 0.15) is 15.9 Å². The summed E-state index contributed by atoms with van der Waals surface area (Å²) >= 11 is 3.01. The number of halogens is 4. The predicted molar refractivity (Wildman–Crippen MR) is 83.8 cm³/mol. The van der Waals surface area contributed by atoms with Gasteiger partial charge in [0.2, 0.25) is 0 Å². The second kappa shape index (κ2) is 6.94. The molecular formula is C15H10BrF3O4S. The third-order valence-electron chi connectivity index (χ3n) is 2.97. The van der Waals surface area contributed by atoms with Crippen molar-refractivity contribution in [3.63, 3.8) is 0 Å². The van der Waals surface area contributed by atoms with Gasteiger partial charge < -0.3 is 4.18 Å². The van der Waals surface area contributed by atoms with Crippen LogP contribution in [0.3, 0.4) is 0 Å². The minimum Gasteiger partial charge on any atom is -0.379 e. The van der Waals surface area contributed by atoms with E-state index in [9.17, 15) is 26.4 Å². The molecule has 0 aliphatic carbocycles. The summed E-state index contributed by atoms with van der Waals surface area (Å²) in [5.74, 6) is -0.242. The first-order valence-electron chi connectivity index (χ1n) is 6.44. The lowest BCUT2D eigenvalue weighted by atomic mass is 10.1.